The first-order valence-corrected chi connectivity index (χ1v) is 5.34. The minimum atomic E-state index is 0.0171. The molecule has 1 heterocycles. The highest BCUT2D eigenvalue weighted by Crippen LogP contribution is 2.01. The third kappa shape index (κ3) is 2.37. The summed E-state index contributed by atoms with van der Waals surface area (Å²) in [5, 5.41) is 0. The molecular formula is C13H14N2O. The molecular weight excluding hydrogens is 200 g/mol. The van der Waals surface area contributed by atoms with Gasteiger partial charge in [0.25, 0.3) is 5.56 Å². The van der Waals surface area contributed by atoms with E-state index in [9.17, 15) is 4.79 Å². The van der Waals surface area contributed by atoms with E-state index < -0.39 is 0 Å². The fourth-order valence-corrected chi connectivity index (χ4v) is 1.69. The molecule has 0 unspecified atom stereocenters. The smallest absolute Gasteiger partial charge is 0.253 e. The highest BCUT2D eigenvalue weighted by atomic mass is 16.1. The average Bonchev–Trinajstić information content (AvgIpc) is 2.30. The molecule has 0 amide bonds. The molecule has 0 saturated carbocycles. The van der Waals surface area contributed by atoms with Crippen LogP contribution in [0.4, 0.5) is 0 Å². The Balaban J connectivity index is 2.14. The Labute approximate surface area is 94.4 Å². The van der Waals surface area contributed by atoms with Crippen LogP contribution in [0.3, 0.4) is 0 Å². The summed E-state index contributed by atoms with van der Waals surface area (Å²) in [5.41, 5.74) is 1.25. The van der Waals surface area contributed by atoms with Crippen LogP contribution in [0.15, 0.2) is 47.4 Å². The summed E-state index contributed by atoms with van der Waals surface area (Å²) in [5.74, 6) is 0.767. The zero-order chi connectivity index (χ0) is 11.4. The van der Waals surface area contributed by atoms with Crippen LogP contribution in [-0.4, -0.2) is 9.55 Å². The van der Waals surface area contributed by atoms with E-state index in [1.54, 1.807) is 10.8 Å². The van der Waals surface area contributed by atoms with Gasteiger partial charge in [0.05, 0.1) is 0 Å². The van der Waals surface area contributed by atoms with Gasteiger partial charge in [-0.15, -0.1) is 0 Å². The van der Waals surface area contributed by atoms with E-state index in [0.717, 1.165) is 12.2 Å². The quantitative estimate of drug-likeness (QED) is 0.780. The van der Waals surface area contributed by atoms with Crippen LogP contribution < -0.4 is 5.56 Å². The van der Waals surface area contributed by atoms with Crippen LogP contribution in [0.5, 0.6) is 0 Å². The summed E-state index contributed by atoms with van der Waals surface area (Å²) in [6.45, 7) is 2.54. The van der Waals surface area contributed by atoms with Crippen LogP contribution in [0.2, 0.25) is 0 Å². The SMILES string of the molecule is Cc1nccc(=O)n1CCc1ccccc1. The van der Waals surface area contributed by atoms with Crippen molar-refractivity contribution in [2.75, 3.05) is 0 Å². The Morgan fingerprint density at radius 1 is 1.19 bits per heavy atom. The monoisotopic (exact) mass is 214 g/mol. The maximum atomic E-state index is 11.6. The van der Waals surface area contributed by atoms with E-state index in [4.69, 9.17) is 0 Å². The minimum absolute atomic E-state index is 0.0171. The van der Waals surface area contributed by atoms with E-state index in [2.05, 4.69) is 17.1 Å². The van der Waals surface area contributed by atoms with Gasteiger partial charge in [0.15, 0.2) is 0 Å². The molecule has 0 fully saturated rings. The lowest BCUT2D eigenvalue weighted by atomic mass is 10.1. The van der Waals surface area contributed by atoms with Gasteiger partial charge in [-0.3, -0.25) is 9.36 Å². The molecule has 1 aromatic heterocycles. The lowest BCUT2D eigenvalue weighted by Crippen LogP contribution is -2.23. The second-order valence-electron chi connectivity index (χ2n) is 3.72. The molecule has 2 rings (SSSR count). The van der Waals surface area contributed by atoms with E-state index in [0.29, 0.717) is 6.54 Å². The van der Waals surface area contributed by atoms with Gasteiger partial charge in [-0.05, 0) is 18.9 Å². The number of hydrogen-bond donors (Lipinski definition) is 0. The molecule has 2 aromatic rings. The molecule has 0 N–H and O–H groups in total. The van der Waals surface area contributed by atoms with Crippen molar-refractivity contribution < 1.29 is 0 Å². The third-order valence-electron chi connectivity index (χ3n) is 2.60. The van der Waals surface area contributed by atoms with Crippen LogP contribution >= 0.6 is 0 Å². The minimum Gasteiger partial charge on any atom is -0.297 e. The number of benzene rings is 1. The molecule has 1 aromatic carbocycles. The van der Waals surface area contributed by atoms with E-state index in [1.807, 2.05) is 25.1 Å². The molecule has 0 spiro atoms. The second kappa shape index (κ2) is 4.75. The third-order valence-corrected chi connectivity index (χ3v) is 2.60. The molecule has 0 bridgehead atoms. The van der Waals surface area contributed by atoms with Crippen molar-refractivity contribution in [3.63, 3.8) is 0 Å². The molecule has 82 valence electrons. The van der Waals surface area contributed by atoms with Gasteiger partial charge >= 0.3 is 0 Å². The van der Waals surface area contributed by atoms with E-state index >= 15 is 0 Å². The molecule has 0 aliphatic heterocycles. The number of hydrogen-bond acceptors (Lipinski definition) is 2. The Kier molecular flexibility index (Phi) is 3.15. The zero-order valence-electron chi connectivity index (χ0n) is 9.26. The summed E-state index contributed by atoms with van der Waals surface area (Å²) >= 11 is 0. The summed E-state index contributed by atoms with van der Waals surface area (Å²) in [4.78, 5) is 15.7. The van der Waals surface area contributed by atoms with E-state index in [-0.39, 0.29) is 5.56 Å². The Morgan fingerprint density at radius 3 is 2.62 bits per heavy atom. The summed E-state index contributed by atoms with van der Waals surface area (Å²) in [6, 6.07) is 11.6. The Bertz CT molecular complexity index is 517. The Morgan fingerprint density at radius 2 is 1.94 bits per heavy atom. The van der Waals surface area contributed by atoms with Gasteiger partial charge in [-0.1, -0.05) is 30.3 Å². The molecule has 0 atom stereocenters. The molecule has 3 heteroatoms. The summed E-state index contributed by atoms with van der Waals surface area (Å²) in [6.07, 6.45) is 2.41. The van der Waals surface area contributed by atoms with Gasteiger partial charge in [0.2, 0.25) is 0 Å². The van der Waals surface area contributed by atoms with Crippen LogP contribution in [-0.2, 0) is 13.0 Å². The Hall–Kier alpha value is -1.90. The van der Waals surface area contributed by atoms with E-state index in [1.165, 1.54) is 11.6 Å². The lowest BCUT2D eigenvalue weighted by Gasteiger charge is -2.07. The van der Waals surface area contributed by atoms with Gasteiger partial charge in [-0.25, -0.2) is 4.98 Å². The molecule has 0 saturated heterocycles. The number of rotatable bonds is 3. The highest BCUT2D eigenvalue weighted by molar-refractivity contribution is 5.14. The van der Waals surface area contributed by atoms with Crippen LogP contribution in [0, 0.1) is 6.92 Å². The molecule has 0 aliphatic carbocycles. The normalized spacial score (nSPS) is 10.3. The summed E-state index contributed by atoms with van der Waals surface area (Å²) in [7, 11) is 0. The zero-order valence-corrected chi connectivity index (χ0v) is 9.26. The maximum Gasteiger partial charge on any atom is 0.253 e. The van der Waals surface area contributed by atoms with Crippen molar-refractivity contribution in [3.8, 4) is 0 Å². The molecule has 16 heavy (non-hydrogen) atoms. The van der Waals surface area contributed by atoms with Crippen molar-refractivity contribution in [2.24, 2.45) is 0 Å². The fourth-order valence-electron chi connectivity index (χ4n) is 1.69. The predicted molar refractivity (Wildman–Crippen MR) is 63.4 cm³/mol. The van der Waals surface area contributed by atoms with Crippen molar-refractivity contribution in [1.82, 2.24) is 9.55 Å². The number of aromatic nitrogens is 2. The van der Waals surface area contributed by atoms with Gasteiger partial charge in [-0.2, -0.15) is 0 Å². The van der Waals surface area contributed by atoms with Crippen molar-refractivity contribution in [1.29, 1.82) is 0 Å². The summed E-state index contributed by atoms with van der Waals surface area (Å²) < 4.78 is 1.70. The molecule has 0 aliphatic rings. The topological polar surface area (TPSA) is 34.9 Å². The molecule has 3 nitrogen and oxygen atoms in total. The van der Waals surface area contributed by atoms with Crippen molar-refractivity contribution in [2.45, 2.75) is 19.9 Å². The first-order valence-electron chi connectivity index (χ1n) is 5.34. The number of aryl methyl sites for hydroxylation is 2. The van der Waals surface area contributed by atoms with Gasteiger partial charge < -0.3 is 0 Å². The largest absolute Gasteiger partial charge is 0.297 e. The average molecular weight is 214 g/mol. The lowest BCUT2D eigenvalue weighted by molar-refractivity contribution is 0.630. The van der Waals surface area contributed by atoms with Crippen LogP contribution in [0.1, 0.15) is 11.4 Å². The standard InChI is InChI=1S/C13H14N2O/c1-11-14-9-7-13(16)15(11)10-8-12-5-3-2-4-6-12/h2-7,9H,8,10H2,1H3. The molecule has 0 radical (unpaired) electrons. The first-order chi connectivity index (χ1) is 7.77. The van der Waals surface area contributed by atoms with Gasteiger partial charge in [0.1, 0.15) is 5.82 Å². The maximum absolute atomic E-state index is 11.6. The fraction of sp³-hybridized carbons (Fsp3) is 0.231. The van der Waals surface area contributed by atoms with Crippen molar-refractivity contribution >= 4 is 0 Å². The van der Waals surface area contributed by atoms with Crippen LogP contribution in [0.25, 0.3) is 0 Å². The highest BCUT2D eigenvalue weighted by Gasteiger charge is 2.00. The van der Waals surface area contributed by atoms with Crippen molar-refractivity contribution in [3.05, 3.63) is 64.3 Å². The van der Waals surface area contributed by atoms with Gasteiger partial charge in [0, 0.05) is 18.8 Å². The second-order valence-corrected chi connectivity index (χ2v) is 3.72. The first kappa shape index (κ1) is 10.6. The predicted octanol–water partition coefficient (Wildman–Crippen LogP) is 1.79. The number of nitrogens with zero attached hydrogens (tertiary/aromatic N) is 2.